The van der Waals surface area contributed by atoms with Crippen molar-refractivity contribution in [3.8, 4) is 0 Å². The number of aliphatic hydroxyl groups excluding tert-OH is 2. The number of carbonyl (C=O) groups excluding carboxylic acids is 1. The molecule has 7 heteroatoms. The van der Waals surface area contributed by atoms with Crippen molar-refractivity contribution < 1.29 is 15.0 Å². The molecule has 0 fully saturated rings. The molecular weight excluding hydrogens is 188 g/mol. The van der Waals surface area contributed by atoms with E-state index in [4.69, 9.17) is 5.11 Å². The number of carbonyl (C=O) groups is 1. The van der Waals surface area contributed by atoms with E-state index in [9.17, 15) is 9.90 Å². The van der Waals surface area contributed by atoms with Gasteiger partial charge in [0.2, 0.25) is 0 Å². The molecule has 1 atom stereocenters. The number of nitrogens with zero attached hydrogens (tertiary/aromatic N) is 1. The molecule has 74 valence electrons. The Labute approximate surface area is 78.5 Å². The van der Waals surface area contributed by atoms with Gasteiger partial charge in [0, 0.05) is 6.08 Å². The lowest BCUT2D eigenvalue weighted by Crippen LogP contribution is -2.37. The number of urea groups is 1. The highest BCUT2D eigenvalue weighted by molar-refractivity contribution is 5.91. The predicted molar refractivity (Wildman–Crippen MR) is 47.4 cm³/mol. The van der Waals surface area contributed by atoms with Crippen molar-refractivity contribution in [3.63, 3.8) is 0 Å². The minimum Gasteiger partial charge on any atom is -0.515 e. The van der Waals surface area contributed by atoms with Gasteiger partial charge in [-0.15, -0.1) is 0 Å². The molecular formula is C7H8N4O3. The van der Waals surface area contributed by atoms with Crippen LogP contribution in [0, 0.1) is 0 Å². The van der Waals surface area contributed by atoms with Crippen LogP contribution in [0.5, 0.6) is 0 Å². The molecule has 5 N–H and O–H groups in total. The first kappa shape index (κ1) is 8.57. The van der Waals surface area contributed by atoms with Gasteiger partial charge in [-0.05, 0) is 0 Å². The third-order valence-electron chi connectivity index (χ3n) is 1.76. The van der Waals surface area contributed by atoms with Crippen LogP contribution in [0.2, 0.25) is 0 Å². The molecule has 0 radical (unpaired) electrons. The molecule has 2 rings (SSSR count). The van der Waals surface area contributed by atoms with E-state index in [0.29, 0.717) is 11.5 Å². The lowest BCUT2D eigenvalue weighted by atomic mass is 10.3. The minimum absolute atomic E-state index is 0.259. The molecule has 7 nitrogen and oxygen atoms in total. The lowest BCUT2D eigenvalue weighted by Gasteiger charge is -2.18. The molecule has 1 aromatic heterocycles. The van der Waals surface area contributed by atoms with Crippen LogP contribution < -0.4 is 10.6 Å². The first-order chi connectivity index (χ1) is 6.70. The number of anilines is 1. The number of rotatable bonds is 1. The van der Waals surface area contributed by atoms with Gasteiger partial charge in [-0.25, -0.2) is 9.78 Å². The van der Waals surface area contributed by atoms with Crippen LogP contribution in [0.1, 0.15) is 17.7 Å². The minimum atomic E-state index is -1.10. The van der Waals surface area contributed by atoms with E-state index in [0.717, 1.165) is 6.26 Å². The monoisotopic (exact) mass is 196 g/mol. The average Bonchev–Trinajstić information content (AvgIpc) is 2.48. The Balaban J connectivity index is 2.39. The quantitative estimate of drug-likeness (QED) is 0.409. The van der Waals surface area contributed by atoms with Gasteiger partial charge in [-0.3, -0.25) is 5.32 Å². The third-order valence-corrected chi connectivity index (χ3v) is 1.76. The number of imidazole rings is 1. The topological polar surface area (TPSA) is 110 Å². The largest absolute Gasteiger partial charge is 0.515 e. The summed E-state index contributed by atoms with van der Waals surface area (Å²) < 4.78 is 0. The Bertz CT molecular complexity index is 398. The zero-order valence-corrected chi connectivity index (χ0v) is 6.98. The SMILES string of the molecule is O=C1Nc2nc(C=CO)[nH]c2C(O)N1. The molecule has 1 unspecified atom stereocenters. The van der Waals surface area contributed by atoms with Gasteiger partial charge in [-0.2, -0.15) is 0 Å². The molecule has 2 heterocycles. The molecule has 0 saturated heterocycles. The summed E-state index contributed by atoms with van der Waals surface area (Å²) in [5.74, 6) is 0.606. The predicted octanol–water partition coefficient (Wildman–Crippen LogP) is 0.0644. The van der Waals surface area contributed by atoms with E-state index in [2.05, 4.69) is 20.6 Å². The molecule has 0 aliphatic carbocycles. The number of hydrogen-bond acceptors (Lipinski definition) is 4. The molecule has 14 heavy (non-hydrogen) atoms. The number of hydrogen-bond donors (Lipinski definition) is 5. The fourth-order valence-corrected chi connectivity index (χ4v) is 1.19. The van der Waals surface area contributed by atoms with Gasteiger partial charge in [0.05, 0.1) is 6.26 Å². The van der Waals surface area contributed by atoms with Gasteiger partial charge in [0.25, 0.3) is 0 Å². The van der Waals surface area contributed by atoms with E-state index in [1.807, 2.05) is 0 Å². The fourth-order valence-electron chi connectivity index (χ4n) is 1.19. The van der Waals surface area contributed by atoms with Crippen molar-refractivity contribution in [2.24, 2.45) is 0 Å². The molecule has 1 aromatic rings. The van der Waals surface area contributed by atoms with Crippen molar-refractivity contribution in [3.05, 3.63) is 17.8 Å². The zero-order valence-electron chi connectivity index (χ0n) is 6.98. The number of fused-ring (bicyclic) bond motifs is 1. The van der Waals surface area contributed by atoms with Crippen LogP contribution in [0.3, 0.4) is 0 Å². The molecule has 0 saturated carbocycles. The maximum absolute atomic E-state index is 10.9. The highest BCUT2D eigenvalue weighted by Gasteiger charge is 2.25. The van der Waals surface area contributed by atoms with Gasteiger partial charge in [0.1, 0.15) is 11.5 Å². The maximum atomic E-state index is 10.9. The summed E-state index contributed by atoms with van der Waals surface area (Å²) in [6.45, 7) is 0. The number of H-pyrrole nitrogens is 1. The first-order valence-corrected chi connectivity index (χ1v) is 3.87. The standard InChI is InChI=1S/C7H8N4O3/c12-2-1-3-8-4-5(9-3)10-7(14)11-6(4)13/h1-2,6,12-13H,(H,8,9)(H2,10,11,14). The van der Waals surface area contributed by atoms with Gasteiger partial charge in [0.15, 0.2) is 12.0 Å². The van der Waals surface area contributed by atoms with E-state index in [-0.39, 0.29) is 5.82 Å². The van der Waals surface area contributed by atoms with Crippen LogP contribution >= 0.6 is 0 Å². The normalized spacial score (nSPS) is 20.4. The third kappa shape index (κ3) is 1.29. The number of aromatic amines is 1. The Morgan fingerprint density at radius 3 is 3.00 bits per heavy atom. The summed E-state index contributed by atoms with van der Waals surface area (Å²) in [5.41, 5.74) is 0.359. The molecule has 2 amide bonds. The Hall–Kier alpha value is -2.02. The Kier molecular flexibility index (Phi) is 1.86. The summed E-state index contributed by atoms with van der Waals surface area (Å²) in [5, 5.41) is 22.5. The first-order valence-electron chi connectivity index (χ1n) is 3.87. The number of amides is 2. The highest BCUT2D eigenvalue weighted by Crippen LogP contribution is 2.22. The fraction of sp³-hybridized carbons (Fsp3) is 0.143. The number of nitrogens with one attached hydrogen (secondary N) is 3. The van der Waals surface area contributed by atoms with Gasteiger partial charge < -0.3 is 20.5 Å². The number of aromatic nitrogens is 2. The smallest absolute Gasteiger partial charge is 0.322 e. The Morgan fingerprint density at radius 1 is 1.50 bits per heavy atom. The summed E-state index contributed by atoms with van der Waals surface area (Å²) >= 11 is 0. The Morgan fingerprint density at radius 2 is 2.29 bits per heavy atom. The van der Waals surface area contributed by atoms with Gasteiger partial charge in [-0.1, -0.05) is 0 Å². The molecule has 1 aliphatic rings. The van der Waals surface area contributed by atoms with Crippen LogP contribution in [-0.2, 0) is 0 Å². The lowest BCUT2D eigenvalue weighted by molar-refractivity contribution is 0.140. The summed E-state index contributed by atoms with van der Waals surface area (Å²) in [6.07, 6.45) is 1.01. The van der Waals surface area contributed by atoms with Crippen molar-refractivity contribution in [1.82, 2.24) is 15.3 Å². The molecule has 0 bridgehead atoms. The molecule has 0 aromatic carbocycles. The van der Waals surface area contributed by atoms with Crippen LogP contribution in [0.4, 0.5) is 10.6 Å². The second kappa shape index (κ2) is 3.04. The van der Waals surface area contributed by atoms with Crippen LogP contribution in [-0.4, -0.2) is 26.2 Å². The van der Waals surface area contributed by atoms with E-state index < -0.39 is 12.3 Å². The molecule has 0 spiro atoms. The zero-order chi connectivity index (χ0) is 10.1. The van der Waals surface area contributed by atoms with Crippen molar-refractivity contribution in [2.45, 2.75) is 6.23 Å². The number of aliphatic hydroxyl groups is 2. The summed E-state index contributed by atoms with van der Waals surface area (Å²) in [4.78, 5) is 17.5. The molecule has 1 aliphatic heterocycles. The van der Waals surface area contributed by atoms with Gasteiger partial charge >= 0.3 is 6.03 Å². The second-order valence-corrected chi connectivity index (χ2v) is 2.70. The van der Waals surface area contributed by atoms with E-state index in [1.54, 1.807) is 0 Å². The van der Waals surface area contributed by atoms with Crippen LogP contribution in [0.25, 0.3) is 6.08 Å². The maximum Gasteiger partial charge on any atom is 0.322 e. The van der Waals surface area contributed by atoms with Crippen molar-refractivity contribution in [2.75, 3.05) is 5.32 Å². The van der Waals surface area contributed by atoms with E-state index >= 15 is 0 Å². The van der Waals surface area contributed by atoms with Crippen LogP contribution in [0.15, 0.2) is 6.26 Å². The van der Waals surface area contributed by atoms with Crippen molar-refractivity contribution in [1.29, 1.82) is 0 Å². The highest BCUT2D eigenvalue weighted by atomic mass is 16.3. The summed E-state index contributed by atoms with van der Waals surface area (Å²) in [6, 6.07) is -0.518. The van der Waals surface area contributed by atoms with E-state index in [1.165, 1.54) is 6.08 Å². The summed E-state index contributed by atoms with van der Waals surface area (Å²) in [7, 11) is 0. The second-order valence-electron chi connectivity index (χ2n) is 2.70. The van der Waals surface area contributed by atoms with Crippen molar-refractivity contribution >= 4 is 17.9 Å². The average molecular weight is 196 g/mol.